The zero-order valence-corrected chi connectivity index (χ0v) is 14.2. The molecule has 0 spiro atoms. The summed E-state index contributed by atoms with van der Waals surface area (Å²) < 4.78 is 31.4. The van der Waals surface area contributed by atoms with E-state index in [1.807, 2.05) is 31.2 Å². The van der Waals surface area contributed by atoms with E-state index < -0.39 is 10.0 Å². The molecule has 124 valence electrons. The lowest BCUT2D eigenvalue weighted by atomic mass is 10.00. The predicted molar refractivity (Wildman–Crippen MR) is 87.5 cm³/mol. The number of aryl methyl sites for hydroxylation is 1. The minimum Gasteiger partial charge on any atom is -0.420 e. The minimum atomic E-state index is -3.17. The van der Waals surface area contributed by atoms with E-state index in [-0.39, 0.29) is 11.7 Å². The second-order valence-corrected chi connectivity index (χ2v) is 8.17. The van der Waals surface area contributed by atoms with Crippen LogP contribution in [-0.4, -0.2) is 41.8 Å². The molecule has 1 aliphatic rings. The highest BCUT2D eigenvalue weighted by molar-refractivity contribution is 7.89. The Labute approximate surface area is 136 Å². The van der Waals surface area contributed by atoms with Crippen LogP contribution in [0.4, 0.5) is 0 Å². The zero-order chi connectivity index (χ0) is 16.4. The Kier molecular flexibility index (Phi) is 4.50. The van der Waals surface area contributed by atoms with Crippen LogP contribution in [0, 0.1) is 6.92 Å². The molecule has 3 rings (SSSR count). The van der Waals surface area contributed by atoms with Crippen LogP contribution in [-0.2, 0) is 10.0 Å². The van der Waals surface area contributed by atoms with Gasteiger partial charge in [-0.05, 0) is 38.8 Å². The molecule has 0 aliphatic carbocycles. The number of rotatable bonds is 4. The Morgan fingerprint density at radius 1 is 1.26 bits per heavy atom. The molecule has 7 heteroatoms. The minimum absolute atomic E-state index is 0.0308. The molecule has 1 aromatic heterocycles. The fourth-order valence-corrected chi connectivity index (χ4v) is 3.97. The molecule has 0 N–H and O–H groups in total. The number of benzene rings is 1. The van der Waals surface area contributed by atoms with Gasteiger partial charge in [0.15, 0.2) is 0 Å². The van der Waals surface area contributed by atoms with Gasteiger partial charge in [-0.2, -0.15) is 0 Å². The van der Waals surface area contributed by atoms with Crippen molar-refractivity contribution in [3.63, 3.8) is 0 Å². The van der Waals surface area contributed by atoms with Gasteiger partial charge in [0.25, 0.3) is 0 Å². The third kappa shape index (κ3) is 3.45. The Bertz CT molecular complexity index is 768. The summed E-state index contributed by atoms with van der Waals surface area (Å²) in [7, 11) is -3.17. The van der Waals surface area contributed by atoms with Crippen molar-refractivity contribution in [2.24, 2.45) is 0 Å². The van der Waals surface area contributed by atoms with E-state index in [1.54, 1.807) is 6.92 Å². The third-order valence-corrected chi connectivity index (χ3v) is 6.08. The maximum Gasteiger partial charge on any atom is 0.247 e. The Morgan fingerprint density at radius 3 is 2.70 bits per heavy atom. The van der Waals surface area contributed by atoms with Crippen molar-refractivity contribution in [2.45, 2.75) is 32.6 Å². The van der Waals surface area contributed by atoms with Gasteiger partial charge in [0, 0.05) is 18.7 Å². The summed E-state index contributed by atoms with van der Waals surface area (Å²) in [6.07, 6.45) is 1.68. The van der Waals surface area contributed by atoms with Crippen molar-refractivity contribution in [3.8, 4) is 11.5 Å². The SMILES string of the molecule is CCS(=O)(=O)N1CCC[C@@H](c2nnc(-c3ccc(C)cc3)o2)C1. The van der Waals surface area contributed by atoms with Crippen molar-refractivity contribution in [1.29, 1.82) is 0 Å². The highest BCUT2D eigenvalue weighted by Gasteiger charge is 2.31. The number of nitrogens with zero attached hydrogens (tertiary/aromatic N) is 3. The predicted octanol–water partition coefficient (Wildman–Crippen LogP) is 2.57. The van der Waals surface area contributed by atoms with Crippen LogP contribution in [0.3, 0.4) is 0 Å². The van der Waals surface area contributed by atoms with Gasteiger partial charge in [0.05, 0.1) is 11.7 Å². The summed E-state index contributed by atoms with van der Waals surface area (Å²) >= 11 is 0. The molecule has 0 radical (unpaired) electrons. The number of piperidine rings is 1. The van der Waals surface area contributed by atoms with Crippen molar-refractivity contribution in [3.05, 3.63) is 35.7 Å². The molecule has 1 aliphatic heterocycles. The standard InChI is InChI=1S/C16H21N3O3S/c1-3-23(20,21)19-10-4-5-14(11-19)16-18-17-15(22-16)13-8-6-12(2)7-9-13/h6-9,14H,3-5,10-11H2,1-2H3/t14-/m1/s1. The van der Waals surface area contributed by atoms with Crippen molar-refractivity contribution in [2.75, 3.05) is 18.8 Å². The van der Waals surface area contributed by atoms with Gasteiger partial charge in [0.1, 0.15) is 0 Å². The van der Waals surface area contributed by atoms with Crippen LogP contribution in [0.5, 0.6) is 0 Å². The van der Waals surface area contributed by atoms with Gasteiger partial charge in [-0.3, -0.25) is 0 Å². The van der Waals surface area contributed by atoms with E-state index in [1.165, 1.54) is 9.87 Å². The molecule has 0 unspecified atom stereocenters. The first-order valence-electron chi connectivity index (χ1n) is 7.88. The molecule has 2 aromatic rings. The van der Waals surface area contributed by atoms with E-state index in [0.29, 0.717) is 24.9 Å². The molecule has 2 heterocycles. The summed E-state index contributed by atoms with van der Waals surface area (Å²) in [6, 6.07) is 7.88. The Morgan fingerprint density at radius 2 is 2.00 bits per heavy atom. The first-order chi connectivity index (χ1) is 11.0. The first-order valence-corrected chi connectivity index (χ1v) is 9.49. The van der Waals surface area contributed by atoms with Crippen LogP contribution in [0.15, 0.2) is 28.7 Å². The lowest BCUT2D eigenvalue weighted by Crippen LogP contribution is -2.39. The van der Waals surface area contributed by atoms with Crippen LogP contribution in [0.1, 0.15) is 37.1 Å². The smallest absolute Gasteiger partial charge is 0.247 e. The van der Waals surface area contributed by atoms with Gasteiger partial charge < -0.3 is 4.42 Å². The zero-order valence-electron chi connectivity index (χ0n) is 13.4. The molecule has 1 aromatic carbocycles. The number of sulfonamides is 1. The fraction of sp³-hybridized carbons (Fsp3) is 0.500. The van der Waals surface area contributed by atoms with Gasteiger partial charge in [-0.1, -0.05) is 17.7 Å². The molecule has 1 fully saturated rings. The van der Waals surface area contributed by atoms with E-state index in [0.717, 1.165) is 18.4 Å². The molecular formula is C16H21N3O3S. The average molecular weight is 335 g/mol. The van der Waals surface area contributed by atoms with Crippen LogP contribution >= 0.6 is 0 Å². The van der Waals surface area contributed by atoms with Gasteiger partial charge in [-0.15, -0.1) is 10.2 Å². The Hall–Kier alpha value is -1.73. The number of hydrogen-bond donors (Lipinski definition) is 0. The van der Waals surface area contributed by atoms with Crippen molar-refractivity contribution < 1.29 is 12.8 Å². The molecule has 0 saturated carbocycles. The number of hydrogen-bond acceptors (Lipinski definition) is 5. The van der Waals surface area contributed by atoms with E-state index in [4.69, 9.17) is 4.42 Å². The quantitative estimate of drug-likeness (QED) is 0.858. The highest BCUT2D eigenvalue weighted by atomic mass is 32.2. The largest absolute Gasteiger partial charge is 0.420 e. The lowest BCUT2D eigenvalue weighted by Gasteiger charge is -2.29. The maximum atomic E-state index is 12.0. The Balaban J connectivity index is 1.79. The second-order valence-electron chi connectivity index (χ2n) is 5.91. The molecule has 1 atom stereocenters. The summed E-state index contributed by atoms with van der Waals surface area (Å²) in [4.78, 5) is 0. The molecule has 0 bridgehead atoms. The average Bonchev–Trinajstić information content (AvgIpc) is 3.06. The van der Waals surface area contributed by atoms with Gasteiger partial charge in [-0.25, -0.2) is 12.7 Å². The van der Waals surface area contributed by atoms with Crippen LogP contribution in [0.25, 0.3) is 11.5 Å². The van der Waals surface area contributed by atoms with E-state index in [2.05, 4.69) is 10.2 Å². The third-order valence-electron chi connectivity index (χ3n) is 4.23. The normalized spacial score (nSPS) is 19.8. The van der Waals surface area contributed by atoms with Crippen molar-refractivity contribution >= 4 is 10.0 Å². The molecule has 0 amide bonds. The topological polar surface area (TPSA) is 76.3 Å². The summed E-state index contributed by atoms with van der Waals surface area (Å²) in [5.74, 6) is 1.10. The lowest BCUT2D eigenvalue weighted by molar-refractivity contribution is 0.286. The highest BCUT2D eigenvalue weighted by Crippen LogP contribution is 2.29. The monoisotopic (exact) mass is 335 g/mol. The molecule has 6 nitrogen and oxygen atoms in total. The van der Waals surface area contributed by atoms with Crippen LogP contribution < -0.4 is 0 Å². The summed E-state index contributed by atoms with van der Waals surface area (Å²) in [5.41, 5.74) is 2.05. The van der Waals surface area contributed by atoms with Gasteiger partial charge in [0.2, 0.25) is 21.8 Å². The summed E-state index contributed by atoms with van der Waals surface area (Å²) in [6.45, 7) is 4.69. The maximum absolute atomic E-state index is 12.0. The van der Waals surface area contributed by atoms with E-state index >= 15 is 0 Å². The molecule has 1 saturated heterocycles. The molecule has 23 heavy (non-hydrogen) atoms. The fourth-order valence-electron chi connectivity index (χ4n) is 2.79. The van der Waals surface area contributed by atoms with Gasteiger partial charge >= 0.3 is 0 Å². The first kappa shape index (κ1) is 16.1. The van der Waals surface area contributed by atoms with Crippen LogP contribution in [0.2, 0.25) is 0 Å². The summed E-state index contributed by atoms with van der Waals surface area (Å²) in [5, 5.41) is 8.26. The number of aromatic nitrogens is 2. The van der Waals surface area contributed by atoms with Crippen molar-refractivity contribution in [1.82, 2.24) is 14.5 Å². The van der Waals surface area contributed by atoms with E-state index in [9.17, 15) is 8.42 Å². The second kappa shape index (κ2) is 6.41. The molecular weight excluding hydrogens is 314 g/mol.